The number of nitrogens with zero attached hydrogens (tertiary/aromatic N) is 1. The second-order valence-corrected chi connectivity index (χ2v) is 6.10. The molecule has 1 aliphatic rings. The van der Waals surface area contributed by atoms with Crippen LogP contribution in [0.1, 0.15) is 22.5 Å². The molecule has 0 saturated carbocycles. The number of amides is 2. The second-order valence-electron chi connectivity index (χ2n) is 5.32. The number of carbonyl (C=O) groups is 2. The highest BCUT2D eigenvalue weighted by molar-refractivity contribution is 9.10. The maximum Gasteiger partial charge on any atom is 0.287 e. The van der Waals surface area contributed by atoms with Crippen molar-refractivity contribution in [2.24, 2.45) is 0 Å². The van der Waals surface area contributed by atoms with Gasteiger partial charge in [-0.3, -0.25) is 9.59 Å². The molecule has 1 aromatic heterocycles. The third-order valence-corrected chi connectivity index (χ3v) is 4.03. The number of rotatable bonds is 3. The van der Waals surface area contributed by atoms with Crippen molar-refractivity contribution in [2.45, 2.75) is 19.4 Å². The van der Waals surface area contributed by atoms with Gasteiger partial charge in [0.15, 0.2) is 10.4 Å². The molecular formula is C16H15BrN2O3. The van der Waals surface area contributed by atoms with Gasteiger partial charge >= 0.3 is 0 Å². The summed E-state index contributed by atoms with van der Waals surface area (Å²) in [6.45, 7) is 2.47. The summed E-state index contributed by atoms with van der Waals surface area (Å²) in [5.41, 5.74) is 2.00. The van der Waals surface area contributed by atoms with E-state index >= 15 is 0 Å². The van der Waals surface area contributed by atoms with E-state index in [1.54, 1.807) is 17.0 Å². The summed E-state index contributed by atoms with van der Waals surface area (Å²) < 4.78 is 5.71. The first-order valence-corrected chi connectivity index (χ1v) is 7.75. The van der Waals surface area contributed by atoms with Gasteiger partial charge in [0.25, 0.3) is 5.91 Å². The highest BCUT2D eigenvalue weighted by Gasteiger charge is 2.32. The molecular weight excluding hydrogens is 348 g/mol. The third-order valence-electron chi connectivity index (χ3n) is 3.60. The van der Waals surface area contributed by atoms with Crippen LogP contribution in [0.2, 0.25) is 0 Å². The summed E-state index contributed by atoms with van der Waals surface area (Å²) in [4.78, 5) is 25.9. The second kappa shape index (κ2) is 5.96. The molecule has 1 atom stereocenters. The Bertz CT molecular complexity index is 708. The molecule has 0 bridgehead atoms. The minimum atomic E-state index is -0.311. The van der Waals surface area contributed by atoms with Crippen molar-refractivity contribution in [3.05, 3.63) is 52.4 Å². The topological polar surface area (TPSA) is 62.6 Å². The van der Waals surface area contributed by atoms with Crippen LogP contribution in [-0.4, -0.2) is 24.4 Å². The van der Waals surface area contributed by atoms with E-state index in [2.05, 4.69) is 21.2 Å². The van der Waals surface area contributed by atoms with Gasteiger partial charge in [0.05, 0.1) is 6.04 Å². The summed E-state index contributed by atoms with van der Waals surface area (Å²) >= 11 is 3.16. The lowest BCUT2D eigenvalue weighted by atomic mass is 10.2. The van der Waals surface area contributed by atoms with Crippen molar-refractivity contribution in [2.75, 3.05) is 11.4 Å². The lowest BCUT2D eigenvalue weighted by molar-refractivity contribution is -0.117. The smallest absolute Gasteiger partial charge is 0.287 e. The number of aryl methyl sites for hydroxylation is 1. The number of anilines is 1. The van der Waals surface area contributed by atoms with Crippen LogP contribution in [0.3, 0.4) is 0 Å². The Hall–Kier alpha value is -2.08. The molecule has 1 N–H and O–H groups in total. The van der Waals surface area contributed by atoms with E-state index in [9.17, 15) is 9.59 Å². The minimum absolute atomic E-state index is 0.00905. The van der Waals surface area contributed by atoms with E-state index in [0.29, 0.717) is 17.6 Å². The standard InChI is InChI=1S/C16H15BrN2O3/c1-10-2-4-12(5-3-10)19-9-11(8-15(19)20)18-16(21)13-6-7-14(17)22-13/h2-7,11H,8-9H2,1H3,(H,18,21)/t11-/m0/s1. The first-order chi connectivity index (χ1) is 10.5. The van der Waals surface area contributed by atoms with Crippen LogP contribution < -0.4 is 10.2 Å². The summed E-state index contributed by atoms with van der Waals surface area (Å²) in [6.07, 6.45) is 0.293. The first-order valence-electron chi connectivity index (χ1n) is 6.96. The van der Waals surface area contributed by atoms with Crippen LogP contribution in [0.4, 0.5) is 5.69 Å². The maximum atomic E-state index is 12.1. The Labute approximate surface area is 136 Å². The zero-order valence-electron chi connectivity index (χ0n) is 12.0. The quantitative estimate of drug-likeness (QED) is 0.912. The van der Waals surface area contributed by atoms with Gasteiger partial charge in [-0.1, -0.05) is 17.7 Å². The minimum Gasteiger partial charge on any atom is -0.444 e. The zero-order chi connectivity index (χ0) is 15.7. The van der Waals surface area contributed by atoms with Gasteiger partial charge in [-0.15, -0.1) is 0 Å². The van der Waals surface area contributed by atoms with Crippen LogP contribution >= 0.6 is 15.9 Å². The van der Waals surface area contributed by atoms with Gasteiger partial charge < -0.3 is 14.6 Å². The number of hydrogen-bond donors (Lipinski definition) is 1. The molecule has 22 heavy (non-hydrogen) atoms. The predicted octanol–water partition coefficient (Wildman–Crippen LogP) is 2.89. The molecule has 114 valence electrons. The van der Waals surface area contributed by atoms with Crippen molar-refractivity contribution in [3.63, 3.8) is 0 Å². The van der Waals surface area contributed by atoms with Gasteiger partial charge in [0.2, 0.25) is 5.91 Å². The fourth-order valence-electron chi connectivity index (χ4n) is 2.47. The molecule has 0 aliphatic carbocycles. The van der Waals surface area contributed by atoms with E-state index in [1.807, 2.05) is 31.2 Å². The first kappa shape index (κ1) is 14.8. The largest absolute Gasteiger partial charge is 0.444 e. The molecule has 0 spiro atoms. The Morgan fingerprint density at radius 3 is 2.64 bits per heavy atom. The highest BCUT2D eigenvalue weighted by Crippen LogP contribution is 2.22. The van der Waals surface area contributed by atoms with Crippen LogP contribution in [0, 0.1) is 6.92 Å². The Morgan fingerprint density at radius 2 is 2.00 bits per heavy atom. The lowest BCUT2D eigenvalue weighted by Crippen LogP contribution is -2.37. The number of halogens is 1. The summed E-state index contributed by atoms with van der Waals surface area (Å²) in [7, 11) is 0. The van der Waals surface area contributed by atoms with E-state index in [4.69, 9.17) is 4.42 Å². The van der Waals surface area contributed by atoms with Gasteiger partial charge in [0, 0.05) is 18.7 Å². The molecule has 6 heteroatoms. The highest BCUT2D eigenvalue weighted by atomic mass is 79.9. The lowest BCUT2D eigenvalue weighted by Gasteiger charge is -2.17. The maximum absolute atomic E-state index is 12.1. The summed E-state index contributed by atoms with van der Waals surface area (Å²) in [5, 5.41) is 2.83. The normalized spacial score (nSPS) is 17.8. The number of carbonyl (C=O) groups excluding carboxylic acids is 2. The fourth-order valence-corrected chi connectivity index (χ4v) is 2.78. The average molecular weight is 363 g/mol. The summed E-state index contributed by atoms with van der Waals surface area (Å²) in [5.74, 6) is -0.0721. The van der Waals surface area contributed by atoms with Gasteiger partial charge in [-0.2, -0.15) is 0 Å². The van der Waals surface area contributed by atoms with Crippen LogP contribution in [0.15, 0.2) is 45.5 Å². The Morgan fingerprint density at radius 1 is 1.27 bits per heavy atom. The molecule has 1 aliphatic heterocycles. The number of furan rings is 1. The van der Waals surface area contributed by atoms with Crippen molar-refractivity contribution in [1.29, 1.82) is 0 Å². The number of benzene rings is 1. The van der Waals surface area contributed by atoms with Gasteiger partial charge in [-0.05, 0) is 47.1 Å². The molecule has 1 saturated heterocycles. The van der Waals surface area contributed by atoms with Crippen LogP contribution in [0.25, 0.3) is 0 Å². The van der Waals surface area contributed by atoms with E-state index in [0.717, 1.165) is 11.3 Å². The Balaban J connectivity index is 1.67. The molecule has 5 nitrogen and oxygen atoms in total. The fraction of sp³-hybridized carbons (Fsp3) is 0.250. The summed E-state index contributed by atoms with van der Waals surface area (Å²) in [6, 6.07) is 10.8. The van der Waals surface area contributed by atoms with Crippen LogP contribution in [-0.2, 0) is 4.79 Å². The molecule has 0 radical (unpaired) electrons. The van der Waals surface area contributed by atoms with Gasteiger partial charge in [0.1, 0.15) is 0 Å². The SMILES string of the molecule is Cc1ccc(N2C[C@@H](NC(=O)c3ccc(Br)o3)CC2=O)cc1. The Kier molecular flexibility index (Phi) is 4.02. The molecule has 2 aromatic rings. The number of hydrogen-bond acceptors (Lipinski definition) is 3. The van der Waals surface area contributed by atoms with Crippen molar-refractivity contribution in [1.82, 2.24) is 5.32 Å². The van der Waals surface area contributed by atoms with Crippen molar-refractivity contribution < 1.29 is 14.0 Å². The predicted molar refractivity (Wildman–Crippen MR) is 85.8 cm³/mol. The van der Waals surface area contributed by atoms with Crippen molar-refractivity contribution in [3.8, 4) is 0 Å². The molecule has 2 heterocycles. The zero-order valence-corrected chi connectivity index (χ0v) is 13.6. The van der Waals surface area contributed by atoms with E-state index in [1.165, 1.54) is 0 Å². The molecule has 1 fully saturated rings. The van der Waals surface area contributed by atoms with Crippen LogP contribution in [0.5, 0.6) is 0 Å². The molecule has 2 amide bonds. The molecule has 0 unspecified atom stereocenters. The van der Waals surface area contributed by atoms with E-state index < -0.39 is 0 Å². The van der Waals surface area contributed by atoms with Gasteiger partial charge in [-0.25, -0.2) is 0 Å². The van der Waals surface area contributed by atoms with E-state index in [-0.39, 0.29) is 23.6 Å². The molecule has 1 aromatic carbocycles. The monoisotopic (exact) mass is 362 g/mol. The van der Waals surface area contributed by atoms with Crippen molar-refractivity contribution >= 4 is 33.4 Å². The average Bonchev–Trinajstić information content (AvgIpc) is 3.06. The molecule has 3 rings (SSSR count). The number of nitrogens with one attached hydrogen (secondary N) is 1. The third kappa shape index (κ3) is 3.06.